The fourth-order valence-electron chi connectivity index (χ4n) is 2.04. The summed E-state index contributed by atoms with van der Waals surface area (Å²) < 4.78 is 1.24. The number of rotatable bonds is 5. The van der Waals surface area contributed by atoms with Crippen LogP contribution in [0, 0.1) is 0 Å². The van der Waals surface area contributed by atoms with E-state index in [1.165, 1.54) is 17.3 Å². The van der Waals surface area contributed by atoms with Crippen molar-refractivity contribution in [2.75, 3.05) is 12.0 Å². The molecule has 126 valence electrons. The molecule has 25 heavy (non-hydrogen) atoms. The summed E-state index contributed by atoms with van der Waals surface area (Å²) >= 11 is 0.803. The monoisotopic (exact) mass is 355 g/mol. The second-order valence-electron chi connectivity index (χ2n) is 4.96. The molecular formula is C16H13N5O3S. The van der Waals surface area contributed by atoms with E-state index >= 15 is 0 Å². The summed E-state index contributed by atoms with van der Waals surface area (Å²) in [5.74, 6) is -1.02. The van der Waals surface area contributed by atoms with Gasteiger partial charge in [0.05, 0.1) is 4.91 Å². The number of aromatic nitrogens is 3. The molecule has 2 aromatic rings. The first-order chi connectivity index (χ1) is 12.1. The predicted octanol–water partition coefficient (Wildman–Crippen LogP) is 1.64. The Balaban J connectivity index is 1.62. The maximum absolute atomic E-state index is 12.3. The second kappa shape index (κ2) is 7.58. The molecule has 1 N–H and O–H groups in total. The molecule has 0 aliphatic carbocycles. The lowest BCUT2D eigenvalue weighted by atomic mass is 10.2. The number of nitrogens with zero attached hydrogens (tertiary/aromatic N) is 4. The minimum atomic E-state index is -0.525. The second-order valence-corrected chi connectivity index (χ2v) is 5.96. The van der Waals surface area contributed by atoms with Gasteiger partial charge in [-0.25, -0.2) is 4.68 Å². The number of carbonyl (C=O) groups excluding carboxylic acids is 3. The minimum absolute atomic E-state index is 0.272. The summed E-state index contributed by atoms with van der Waals surface area (Å²) in [6.07, 6.45) is 7.67. The smallest absolute Gasteiger partial charge is 0.271 e. The zero-order valence-electron chi connectivity index (χ0n) is 12.9. The van der Waals surface area contributed by atoms with Gasteiger partial charge in [-0.1, -0.05) is 42.5 Å². The van der Waals surface area contributed by atoms with Crippen LogP contribution in [0.1, 0.15) is 5.56 Å². The van der Waals surface area contributed by atoms with E-state index in [4.69, 9.17) is 0 Å². The predicted molar refractivity (Wildman–Crippen MR) is 92.6 cm³/mol. The number of amides is 3. The molecule has 0 bridgehead atoms. The van der Waals surface area contributed by atoms with E-state index in [1.54, 1.807) is 12.2 Å². The molecule has 9 heteroatoms. The number of hydrogen-bond acceptors (Lipinski definition) is 6. The van der Waals surface area contributed by atoms with Crippen LogP contribution in [-0.4, -0.2) is 43.4 Å². The third-order valence-electron chi connectivity index (χ3n) is 3.18. The molecule has 3 rings (SSSR count). The summed E-state index contributed by atoms with van der Waals surface area (Å²) in [6, 6.07) is 9.56. The number of imide groups is 1. The standard InChI is InChI=1S/C16H13N5O3S/c22-14(19-20-10-17-18-11-20)9-21-15(23)13(25-16(21)24)8-4-7-12-5-2-1-3-6-12/h1-8,10-11H,9H2,(H,19,22)/b7-4+,13-8-. The van der Waals surface area contributed by atoms with E-state index in [1.807, 2.05) is 36.4 Å². The van der Waals surface area contributed by atoms with Crippen molar-refractivity contribution in [1.82, 2.24) is 19.8 Å². The third-order valence-corrected chi connectivity index (χ3v) is 4.11. The topological polar surface area (TPSA) is 97.2 Å². The minimum Gasteiger partial charge on any atom is -0.271 e. The lowest BCUT2D eigenvalue weighted by Gasteiger charge is -2.12. The Labute approximate surface area is 147 Å². The van der Waals surface area contributed by atoms with Gasteiger partial charge in [-0.05, 0) is 23.4 Å². The van der Waals surface area contributed by atoms with Crippen molar-refractivity contribution in [2.45, 2.75) is 0 Å². The third kappa shape index (κ3) is 4.21. The summed E-state index contributed by atoms with van der Waals surface area (Å²) in [7, 11) is 0. The molecule has 8 nitrogen and oxygen atoms in total. The van der Waals surface area contributed by atoms with Crippen molar-refractivity contribution in [2.24, 2.45) is 0 Å². The largest absolute Gasteiger partial charge is 0.294 e. The van der Waals surface area contributed by atoms with Crippen LogP contribution in [0.5, 0.6) is 0 Å². The molecule has 0 spiro atoms. The molecule has 0 radical (unpaired) electrons. The molecule has 1 aromatic heterocycles. The van der Waals surface area contributed by atoms with Crippen LogP contribution in [-0.2, 0) is 9.59 Å². The Hall–Kier alpha value is -3.20. The van der Waals surface area contributed by atoms with Crippen LogP contribution in [0.15, 0.2) is 60.0 Å². The Morgan fingerprint density at radius 1 is 1.16 bits per heavy atom. The van der Waals surface area contributed by atoms with Crippen LogP contribution >= 0.6 is 11.8 Å². The van der Waals surface area contributed by atoms with Crippen LogP contribution in [0.25, 0.3) is 6.08 Å². The number of thioether (sulfide) groups is 1. The number of hydrogen-bond donors (Lipinski definition) is 1. The maximum atomic E-state index is 12.3. The number of carbonyl (C=O) groups is 3. The highest BCUT2D eigenvalue weighted by Crippen LogP contribution is 2.30. The van der Waals surface area contributed by atoms with Crippen molar-refractivity contribution in [3.8, 4) is 0 Å². The van der Waals surface area contributed by atoms with Crippen LogP contribution in [0.3, 0.4) is 0 Å². The first kappa shape index (κ1) is 16.7. The number of benzene rings is 1. The molecule has 1 aliphatic heterocycles. The first-order valence-electron chi connectivity index (χ1n) is 7.25. The average Bonchev–Trinajstić information content (AvgIpc) is 3.20. The first-order valence-corrected chi connectivity index (χ1v) is 8.07. The highest BCUT2D eigenvalue weighted by Gasteiger charge is 2.35. The van der Waals surface area contributed by atoms with E-state index in [0.717, 1.165) is 22.2 Å². The van der Waals surface area contributed by atoms with Crippen molar-refractivity contribution in [3.63, 3.8) is 0 Å². The lowest BCUT2D eigenvalue weighted by molar-refractivity contribution is -0.127. The van der Waals surface area contributed by atoms with Gasteiger partial charge in [0, 0.05) is 0 Å². The lowest BCUT2D eigenvalue weighted by Crippen LogP contribution is -2.38. The average molecular weight is 355 g/mol. The van der Waals surface area contributed by atoms with E-state index in [9.17, 15) is 14.4 Å². The van der Waals surface area contributed by atoms with Gasteiger partial charge < -0.3 is 0 Å². The van der Waals surface area contributed by atoms with Gasteiger partial charge in [0.25, 0.3) is 17.1 Å². The Morgan fingerprint density at radius 3 is 2.60 bits per heavy atom. The molecule has 0 atom stereocenters. The Bertz CT molecular complexity index is 846. The van der Waals surface area contributed by atoms with Crippen LogP contribution < -0.4 is 5.43 Å². The number of allylic oxidation sites excluding steroid dienone is 2. The van der Waals surface area contributed by atoms with Gasteiger partial charge in [-0.15, -0.1) is 10.2 Å². The van der Waals surface area contributed by atoms with Gasteiger partial charge in [0.2, 0.25) is 0 Å². The SMILES string of the molecule is O=C(CN1C(=O)S/C(=C\C=C\c2ccccc2)C1=O)Nn1cnnc1. The molecule has 1 aliphatic rings. The van der Waals surface area contributed by atoms with E-state index in [-0.39, 0.29) is 11.4 Å². The summed E-state index contributed by atoms with van der Waals surface area (Å²) in [5.41, 5.74) is 3.41. The Morgan fingerprint density at radius 2 is 1.88 bits per heavy atom. The van der Waals surface area contributed by atoms with Crippen LogP contribution in [0.4, 0.5) is 4.79 Å². The van der Waals surface area contributed by atoms with E-state index in [0.29, 0.717) is 0 Å². The molecule has 0 unspecified atom stereocenters. The molecule has 0 saturated carbocycles. The van der Waals surface area contributed by atoms with Gasteiger partial charge in [0.1, 0.15) is 19.2 Å². The normalized spacial score (nSPS) is 16.2. The molecule has 1 fully saturated rings. The van der Waals surface area contributed by atoms with Crippen molar-refractivity contribution in [3.05, 3.63) is 65.6 Å². The van der Waals surface area contributed by atoms with Gasteiger partial charge in [-0.2, -0.15) is 0 Å². The quantitative estimate of drug-likeness (QED) is 0.819. The molecular weight excluding hydrogens is 342 g/mol. The van der Waals surface area contributed by atoms with Crippen molar-refractivity contribution < 1.29 is 14.4 Å². The van der Waals surface area contributed by atoms with Crippen molar-refractivity contribution >= 4 is 34.9 Å². The summed E-state index contributed by atoms with van der Waals surface area (Å²) in [5, 5.41) is 6.59. The fraction of sp³-hybridized carbons (Fsp3) is 0.0625. The summed E-state index contributed by atoms with van der Waals surface area (Å²) in [6.45, 7) is -0.372. The zero-order valence-corrected chi connectivity index (χ0v) is 13.7. The molecule has 1 aromatic carbocycles. The molecule has 3 amide bonds. The molecule has 2 heterocycles. The van der Waals surface area contributed by atoms with E-state index < -0.39 is 17.1 Å². The maximum Gasteiger partial charge on any atom is 0.294 e. The fourth-order valence-corrected chi connectivity index (χ4v) is 2.83. The van der Waals surface area contributed by atoms with E-state index in [2.05, 4.69) is 15.6 Å². The van der Waals surface area contributed by atoms with Gasteiger partial charge >= 0.3 is 0 Å². The van der Waals surface area contributed by atoms with Gasteiger partial charge in [-0.3, -0.25) is 24.7 Å². The summed E-state index contributed by atoms with van der Waals surface area (Å²) in [4.78, 5) is 37.3. The Kier molecular flexibility index (Phi) is 5.05. The van der Waals surface area contributed by atoms with Crippen molar-refractivity contribution in [1.29, 1.82) is 0 Å². The zero-order chi connectivity index (χ0) is 17.6. The highest BCUT2D eigenvalue weighted by atomic mass is 32.2. The van der Waals surface area contributed by atoms with Crippen LogP contribution in [0.2, 0.25) is 0 Å². The van der Waals surface area contributed by atoms with Gasteiger partial charge in [0.15, 0.2) is 0 Å². The number of nitrogens with one attached hydrogen (secondary N) is 1. The molecule has 1 saturated heterocycles. The highest BCUT2D eigenvalue weighted by molar-refractivity contribution is 8.18.